The van der Waals surface area contributed by atoms with Crippen LogP contribution in [0.2, 0.25) is 0 Å². The molecule has 0 aromatic rings. The second kappa shape index (κ2) is 6.97. The van der Waals surface area contributed by atoms with Crippen molar-refractivity contribution in [1.82, 2.24) is 9.80 Å². The minimum Gasteiger partial charge on any atom is -0.343 e. The fourth-order valence-corrected chi connectivity index (χ4v) is 2.43. The number of piperidine rings is 1. The molecular weight excluding hydrogens is 214 g/mol. The number of carbonyl (C=O) groups excluding carboxylic acids is 1. The predicted molar refractivity (Wildman–Crippen MR) is 70.8 cm³/mol. The summed E-state index contributed by atoms with van der Waals surface area (Å²) >= 11 is 0. The van der Waals surface area contributed by atoms with Crippen molar-refractivity contribution in [2.75, 3.05) is 27.2 Å². The summed E-state index contributed by atoms with van der Waals surface area (Å²) in [6.07, 6.45) is 4.65. The Hall–Kier alpha value is -0.610. The maximum atomic E-state index is 12.0. The van der Waals surface area contributed by atoms with Gasteiger partial charge in [-0.2, -0.15) is 0 Å². The standard InChI is InChI=1S/C13H27N3O/c1-4-5-11(14)10-13(17)16(3)12-6-8-15(2)9-7-12/h11-12H,4-10,14H2,1-3H3. The van der Waals surface area contributed by atoms with E-state index in [1.165, 1.54) is 0 Å². The van der Waals surface area contributed by atoms with Gasteiger partial charge >= 0.3 is 0 Å². The van der Waals surface area contributed by atoms with Gasteiger partial charge in [0.1, 0.15) is 0 Å². The molecule has 4 heteroatoms. The number of hydrogen-bond donors (Lipinski definition) is 1. The van der Waals surface area contributed by atoms with Gasteiger partial charge < -0.3 is 15.5 Å². The number of amides is 1. The highest BCUT2D eigenvalue weighted by Crippen LogP contribution is 2.15. The molecular formula is C13H27N3O. The van der Waals surface area contributed by atoms with E-state index in [-0.39, 0.29) is 11.9 Å². The number of hydrogen-bond acceptors (Lipinski definition) is 3. The van der Waals surface area contributed by atoms with Crippen LogP contribution in [0.5, 0.6) is 0 Å². The summed E-state index contributed by atoms with van der Waals surface area (Å²) in [6, 6.07) is 0.439. The minimum absolute atomic E-state index is 0.0289. The van der Waals surface area contributed by atoms with Crippen molar-refractivity contribution in [2.45, 2.75) is 51.1 Å². The molecule has 0 aliphatic carbocycles. The highest BCUT2D eigenvalue weighted by atomic mass is 16.2. The van der Waals surface area contributed by atoms with Gasteiger partial charge in [-0.25, -0.2) is 0 Å². The molecule has 2 N–H and O–H groups in total. The second-order valence-electron chi connectivity index (χ2n) is 5.29. The molecule has 1 rings (SSSR count). The SMILES string of the molecule is CCCC(N)CC(=O)N(C)C1CCN(C)CC1. The maximum absolute atomic E-state index is 12.0. The Kier molecular flexibility index (Phi) is 5.92. The molecule has 0 radical (unpaired) electrons. The van der Waals surface area contributed by atoms with Gasteiger partial charge in [-0.15, -0.1) is 0 Å². The molecule has 0 spiro atoms. The van der Waals surface area contributed by atoms with Gasteiger partial charge in [0, 0.05) is 25.6 Å². The Bertz CT molecular complexity index is 237. The van der Waals surface area contributed by atoms with Crippen molar-refractivity contribution in [2.24, 2.45) is 5.73 Å². The summed E-state index contributed by atoms with van der Waals surface area (Å²) in [6.45, 7) is 4.28. The topological polar surface area (TPSA) is 49.6 Å². The number of nitrogens with zero attached hydrogens (tertiary/aromatic N) is 2. The van der Waals surface area contributed by atoms with E-state index < -0.39 is 0 Å². The fourth-order valence-electron chi connectivity index (χ4n) is 2.43. The van der Waals surface area contributed by atoms with Gasteiger partial charge in [-0.1, -0.05) is 13.3 Å². The van der Waals surface area contributed by atoms with Crippen molar-refractivity contribution in [3.8, 4) is 0 Å². The lowest BCUT2D eigenvalue weighted by molar-refractivity contribution is -0.133. The second-order valence-corrected chi connectivity index (χ2v) is 5.29. The van der Waals surface area contributed by atoms with Gasteiger partial charge in [0.25, 0.3) is 0 Å². The highest BCUT2D eigenvalue weighted by Gasteiger charge is 2.24. The quantitative estimate of drug-likeness (QED) is 0.783. The molecule has 1 saturated heterocycles. The van der Waals surface area contributed by atoms with E-state index in [2.05, 4.69) is 18.9 Å². The van der Waals surface area contributed by atoms with Gasteiger partial charge in [-0.3, -0.25) is 4.79 Å². The summed E-state index contributed by atoms with van der Waals surface area (Å²) in [5.74, 6) is 0.209. The average molecular weight is 241 g/mol. The van der Waals surface area contributed by atoms with Gasteiger partial charge in [-0.05, 0) is 39.4 Å². The molecule has 0 aromatic heterocycles. The van der Waals surface area contributed by atoms with Crippen LogP contribution in [0.25, 0.3) is 0 Å². The molecule has 0 bridgehead atoms. The average Bonchev–Trinajstić information content (AvgIpc) is 2.29. The Morgan fingerprint density at radius 2 is 2.06 bits per heavy atom. The van der Waals surface area contributed by atoms with Crippen LogP contribution in [0.1, 0.15) is 39.0 Å². The normalized spacial score (nSPS) is 20.2. The summed E-state index contributed by atoms with van der Waals surface area (Å²) in [7, 11) is 4.06. The van der Waals surface area contributed by atoms with E-state index in [9.17, 15) is 4.79 Å². The number of rotatable bonds is 5. The molecule has 100 valence electrons. The number of nitrogens with two attached hydrogens (primary N) is 1. The molecule has 0 saturated carbocycles. The van der Waals surface area contributed by atoms with Gasteiger partial charge in [0.05, 0.1) is 0 Å². The van der Waals surface area contributed by atoms with Gasteiger partial charge in [0.2, 0.25) is 5.91 Å². The minimum atomic E-state index is 0.0289. The van der Waals surface area contributed by atoms with Gasteiger partial charge in [0.15, 0.2) is 0 Å². The Morgan fingerprint density at radius 1 is 1.47 bits per heavy atom. The molecule has 1 unspecified atom stereocenters. The van der Waals surface area contributed by atoms with Crippen molar-refractivity contribution in [3.05, 3.63) is 0 Å². The number of likely N-dealkylation sites (tertiary alicyclic amines) is 1. The summed E-state index contributed by atoms with van der Waals surface area (Å²) in [5, 5.41) is 0. The Morgan fingerprint density at radius 3 is 2.59 bits per heavy atom. The van der Waals surface area contributed by atoms with E-state index in [4.69, 9.17) is 5.73 Å². The molecule has 17 heavy (non-hydrogen) atoms. The molecule has 1 atom stereocenters. The lowest BCUT2D eigenvalue weighted by atomic mass is 10.0. The lowest BCUT2D eigenvalue weighted by Gasteiger charge is -2.35. The molecule has 0 aromatic carbocycles. The van der Waals surface area contributed by atoms with Crippen molar-refractivity contribution >= 4 is 5.91 Å². The Balaban J connectivity index is 2.35. The third-order valence-corrected chi connectivity index (χ3v) is 3.73. The maximum Gasteiger partial charge on any atom is 0.224 e. The number of carbonyl (C=O) groups is 1. The smallest absolute Gasteiger partial charge is 0.224 e. The van der Waals surface area contributed by atoms with Crippen LogP contribution in [-0.2, 0) is 4.79 Å². The summed E-state index contributed by atoms with van der Waals surface area (Å²) in [5.41, 5.74) is 5.92. The summed E-state index contributed by atoms with van der Waals surface area (Å²) in [4.78, 5) is 16.3. The molecule has 1 aliphatic heterocycles. The third kappa shape index (κ3) is 4.64. The largest absolute Gasteiger partial charge is 0.343 e. The van der Waals surface area contributed by atoms with E-state index in [1.54, 1.807) is 0 Å². The van der Waals surface area contributed by atoms with Crippen LogP contribution in [0.4, 0.5) is 0 Å². The van der Waals surface area contributed by atoms with Crippen LogP contribution < -0.4 is 5.73 Å². The van der Waals surface area contributed by atoms with Crippen LogP contribution in [0, 0.1) is 0 Å². The first-order valence-corrected chi connectivity index (χ1v) is 6.74. The zero-order valence-corrected chi connectivity index (χ0v) is 11.5. The van der Waals surface area contributed by atoms with Crippen molar-refractivity contribution in [3.63, 3.8) is 0 Å². The fraction of sp³-hybridized carbons (Fsp3) is 0.923. The summed E-state index contributed by atoms with van der Waals surface area (Å²) < 4.78 is 0. The first-order chi connectivity index (χ1) is 8.04. The third-order valence-electron chi connectivity index (χ3n) is 3.73. The zero-order valence-electron chi connectivity index (χ0n) is 11.5. The molecule has 1 heterocycles. The molecule has 1 fully saturated rings. The first-order valence-electron chi connectivity index (χ1n) is 6.74. The van der Waals surface area contributed by atoms with Crippen LogP contribution in [0.3, 0.4) is 0 Å². The lowest BCUT2D eigenvalue weighted by Crippen LogP contribution is -2.45. The van der Waals surface area contributed by atoms with Crippen molar-refractivity contribution < 1.29 is 4.79 Å². The first kappa shape index (κ1) is 14.5. The van der Waals surface area contributed by atoms with Crippen molar-refractivity contribution in [1.29, 1.82) is 0 Å². The molecule has 4 nitrogen and oxygen atoms in total. The molecule has 1 amide bonds. The van der Waals surface area contributed by atoms with Crippen LogP contribution >= 0.6 is 0 Å². The Labute approximate surface area is 105 Å². The van der Waals surface area contributed by atoms with Crippen LogP contribution in [0.15, 0.2) is 0 Å². The monoisotopic (exact) mass is 241 g/mol. The molecule has 1 aliphatic rings. The van der Waals surface area contributed by atoms with E-state index in [0.717, 1.165) is 38.8 Å². The van der Waals surface area contributed by atoms with E-state index in [1.807, 2.05) is 11.9 Å². The van der Waals surface area contributed by atoms with E-state index >= 15 is 0 Å². The predicted octanol–water partition coefficient (Wildman–Crippen LogP) is 1.06. The van der Waals surface area contributed by atoms with E-state index in [0.29, 0.717) is 12.5 Å². The van der Waals surface area contributed by atoms with Crippen LogP contribution in [-0.4, -0.2) is 55.0 Å². The zero-order chi connectivity index (χ0) is 12.8. The highest BCUT2D eigenvalue weighted by molar-refractivity contribution is 5.76.